The third kappa shape index (κ3) is 3.14. The molecule has 0 aliphatic rings. The van der Waals surface area contributed by atoms with Gasteiger partial charge in [0, 0.05) is 5.56 Å². The van der Waals surface area contributed by atoms with E-state index in [-0.39, 0.29) is 12.2 Å². The standard InChI is InChI=1S/C16H16F2O2/c1-10-6-7-16(12(8-10)11(2)19)20-9-13-14(17)4-3-5-15(13)18/h3-8,11,19H,9H2,1-2H3/t11-/m0/s1. The third-order valence-electron chi connectivity index (χ3n) is 3.05. The fourth-order valence-electron chi connectivity index (χ4n) is 1.95. The lowest BCUT2D eigenvalue weighted by Gasteiger charge is -2.15. The molecule has 2 aromatic carbocycles. The molecule has 0 aromatic heterocycles. The molecule has 0 aliphatic heterocycles. The highest BCUT2D eigenvalue weighted by atomic mass is 19.1. The van der Waals surface area contributed by atoms with Gasteiger partial charge in [0.25, 0.3) is 0 Å². The van der Waals surface area contributed by atoms with Gasteiger partial charge < -0.3 is 9.84 Å². The molecule has 4 heteroatoms. The molecule has 0 amide bonds. The Labute approximate surface area is 116 Å². The van der Waals surface area contributed by atoms with Gasteiger partial charge in [-0.25, -0.2) is 8.78 Å². The van der Waals surface area contributed by atoms with Crippen molar-refractivity contribution in [3.05, 3.63) is 64.7 Å². The molecule has 1 atom stereocenters. The quantitative estimate of drug-likeness (QED) is 0.919. The number of aryl methyl sites for hydroxylation is 1. The van der Waals surface area contributed by atoms with Gasteiger partial charge in [0.1, 0.15) is 24.0 Å². The molecule has 20 heavy (non-hydrogen) atoms. The molecule has 0 saturated heterocycles. The predicted molar refractivity (Wildman–Crippen MR) is 72.5 cm³/mol. The number of ether oxygens (including phenoxy) is 1. The van der Waals surface area contributed by atoms with Crippen LogP contribution in [-0.2, 0) is 6.61 Å². The number of aliphatic hydroxyl groups excluding tert-OH is 1. The van der Waals surface area contributed by atoms with E-state index in [1.54, 1.807) is 19.1 Å². The van der Waals surface area contributed by atoms with Gasteiger partial charge in [0.05, 0.1) is 11.7 Å². The summed E-state index contributed by atoms with van der Waals surface area (Å²) >= 11 is 0. The Morgan fingerprint density at radius 3 is 2.40 bits per heavy atom. The van der Waals surface area contributed by atoms with Crippen LogP contribution < -0.4 is 4.74 Å². The smallest absolute Gasteiger partial charge is 0.132 e. The van der Waals surface area contributed by atoms with Gasteiger partial charge in [-0.3, -0.25) is 0 Å². The van der Waals surface area contributed by atoms with E-state index >= 15 is 0 Å². The lowest BCUT2D eigenvalue weighted by molar-refractivity contribution is 0.189. The minimum atomic E-state index is -0.713. The minimum absolute atomic E-state index is 0.121. The molecule has 2 nitrogen and oxygen atoms in total. The Morgan fingerprint density at radius 2 is 1.80 bits per heavy atom. The summed E-state index contributed by atoms with van der Waals surface area (Å²) in [5.74, 6) is -0.861. The second-order valence-corrected chi connectivity index (χ2v) is 4.71. The van der Waals surface area contributed by atoms with E-state index in [1.165, 1.54) is 18.2 Å². The largest absolute Gasteiger partial charge is 0.488 e. The van der Waals surface area contributed by atoms with E-state index in [9.17, 15) is 13.9 Å². The highest BCUT2D eigenvalue weighted by Gasteiger charge is 2.13. The van der Waals surface area contributed by atoms with Crippen LogP contribution in [0.3, 0.4) is 0 Å². The number of halogens is 2. The first-order valence-electron chi connectivity index (χ1n) is 6.33. The van der Waals surface area contributed by atoms with E-state index in [0.29, 0.717) is 11.3 Å². The van der Waals surface area contributed by atoms with E-state index in [0.717, 1.165) is 5.56 Å². The summed E-state index contributed by atoms with van der Waals surface area (Å²) in [5, 5.41) is 9.71. The summed E-state index contributed by atoms with van der Waals surface area (Å²) in [6, 6.07) is 8.98. The monoisotopic (exact) mass is 278 g/mol. The lowest BCUT2D eigenvalue weighted by atomic mass is 10.1. The van der Waals surface area contributed by atoms with Gasteiger partial charge in [-0.1, -0.05) is 17.7 Å². The van der Waals surface area contributed by atoms with Crippen LogP contribution in [0.15, 0.2) is 36.4 Å². The SMILES string of the molecule is Cc1ccc(OCc2c(F)cccc2F)c([C@H](C)O)c1. The Hall–Kier alpha value is -1.94. The predicted octanol–water partition coefficient (Wildman–Crippen LogP) is 3.91. The highest BCUT2D eigenvalue weighted by molar-refractivity contribution is 5.38. The molecular weight excluding hydrogens is 262 g/mol. The third-order valence-corrected chi connectivity index (χ3v) is 3.05. The molecule has 0 bridgehead atoms. The van der Waals surface area contributed by atoms with Crippen LogP contribution in [0, 0.1) is 18.6 Å². The number of aliphatic hydroxyl groups is 1. The number of benzene rings is 2. The number of hydrogen-bond donors (Lipinski definition) is 1. The van der Waals surface area contributed by atoms with Crippen molar-refractivity contribution in [2.45, 2.75) is 26.6 Å². The first-order valence-corrected chi connectivity index (χ1v) is 6.33. The van der Waals surface area contributed by atoms with Crippen molar-refractivity contribution in [3.63, 3.8) is 0 Å². The average molecular weight is 278 g/mol. The van der Waals surface area contributed by atoms with Crippen molar-refractivity contribution >= 4 is 0 Å². The number of hydrogen-bond acceptors (Lipinski definition) is 2. The van der Waals surface area contributed by atoms with Gasteiger partial charge in [0.2, 0.25) is 0 Å². The summed E-state index contributed by atoms with van der Waals surface area (Å²) in [7, 11) is 0. The second kappa shape index (κ2) is 6.01. The zero-order valence-electron chi connectivity index (χ0n) is 11.4. The first-order chi connectivity index (χ1) is 9.49. The number of rotatable bonds is 4. The van der Waals surface area contributed by atoms with Crippen molar-refractivity contribution < 1.29 is 18.6 Å². The maximum absolute atomic E-state index is 13.5. The van der Waals surface area contributed by atoms with Crippen molar-refractivity contribution in [1.82, 2.24) is 0 Å². The first kappa shape index (κ1) is 14.5. The molecule has 0 fully saturated rings. The Morgan fingerprint density at radius 1 is 1.15 bits per heavy atom. The fraction of sp³-hybridized carbons (Fsp3) is 0.250. The summed E-state index contributed by atoms with van der Waals surface area (Å²) in [4.78, 5) is 0. The Kier molecular flexibility index (Phi) is 4.35. The van der Waals surface area contributed by atoms with Gasteiger partial charge in [-0.15, -0.1) is 0 Å². The molecule has 1 N–H and O–H groups in total. The van der Waals surface area contributed by atoms with Crippen molar-refractivity contribution in [1.29, 1.82) is 0 Å². The Balaban J connectivity index is 2.23. The molecule has 0 unspecified atom stereocenters. The van der Waals surface area contributed by atoms with Crippen LogP contribution in [0.5, 0.6) is 5.75 Å². The minimum Gasteiger partial charge on any atom is -0.488 e. The summed E-state index contributed by atoms with van der Waals surface area (Å²) in [6.45, 7) is 3.29. The highest BCUT2D eigenvalue weighted by Crippen LogP contribution is 2.27. The van der Waals surface area contributed by atoms with E-state index in [1.807, 2.05) is 13.0 Å². The van der Waals surface area contributed by atoms with Crippen LogP contribution >= 0.6 is 0 Å². The zero-order chi connectivity index (χ0) is 14.7. The normalized spacial score (nSPS) is 12.2. The van der Waals surface area contributed by atoms with Gasteiger partial charge in [-0.2, -0.15) is 0 Å². The molecule has 2 aromatic rings. The lowest BCUT2D eigenvalue weighted by Crippen LogP contribution is -2.04. The summed E-state index contributed by atoms with van der Waals surface area (Å²) in [5.41, 5.74) is 1.46. The molecule has 0 aliphatic carbocycles. The van der Waals surface area contributed by atoms with Crippen molar-refractivity contribution in [2.75, 3.05) is 0 Å². The molecule has 106 valence electrons. The fourth-order valence-corrected chi connectivity index (χ4v) is 1.95. The second-order valence-electron chi connectivity index (χ2n) is 4.71. The molecule has 0 heterocycles. The van der Waals surface area contributed by atoms with Crippen LogP contribution in [0.1, 0.15) is 29.7 Å². The summed E-state index contributed by atoms with van der Waals surface area (Å²) < 4.78 is 32.5. The van der Waals surface area contributed by atoms with E-state index < -0.39 is 17.7 Å². The molecule has 0 spiro atoms. The van der Waals surface area contributed by atoms with Crippen LogP contribution in [0.25, 0.3) is 0 Å². The maximum Gasteiger partial charge on any atom is 0.132 e. The zero-order valence-corrected chi connectivity index (χ0v) is 11.4. The maximum atomic E-state index is 13.5. The Bertz CT molecular complexity index is 589. The van der Waals surface area contributed by atoms with Gasteiger partial charge in [-0.05, 0) is 38.1 Å². The van der Waals surface area contributed by atoms with E-state index in [4.69, 9.17) is 4.74 Å². The van der Waals surface area contributed by atoms with Gasteiger partial charge >= 0.3 is 0 Å². The topological polar surface area (TPSA) is 29.5 Å². The van der Waals surface area contributed by atoms with Crippen molar-refractivity contribution in [2.24, 2.45) is 0 Å². The average Bonchev–Trinajstić information content (AvgIpc) is 2.39. The molecule has 2 rings (SSSR count). The van der Waals surface area contributed by atoms with Crippen LogP contribution in [0.4, 0.5) is 8.78 Å². The van der Waals surface area contributed by atoms with E-state index in [2.05, 4.69) is 0 Å². The molecule has 0 radical (unpaired) electrons. The molecular formula is C16H16F2O2. The van der Waals surface area contributed by atoms with Gasteiger partial charge in [0.15, 0.2) is 0 Å². The van der Waals surface area contributed by atoms with Crippen LogP contribution in [-0.4, -0.2) is 5.11 Å². The molecule has 0 saturated carbocycles. The van der Waals surface area contributed by atoms with Crippen LogP contribution in [0.2, 0.25) is 0 Å². The van der Waals surface area contributed by atoms with Crippen molar-refractivity contribution in [3.8, 4) is 5.75 Å². The summed E-state index contributed by atoms with van der Waals surface area (Å²) in [6.07, 6.45) is -0.713.